The van der Waals surface area contributed by atoms with Crippen LogP contribution in [0.15, 0.2) is 30.3 Å². The van der Waals surface area contributed by atoms with Crippen molar-refractivity contribution in [2.45, 2.75) is 44.1 Å². The van der Waals surface area contributed by atoms with Crippen LogP contribution >= 0.6 is 11.8 Å². The first kappa shape index (κ1) is 17.5. The standard InChI is InChI=1S/C16H27NO2S/c1-3-10-17-16(13-8-6-5-7-9-13)15(4-2)20-12-14(19)11-18/h5-9,14-19H,3-4,10-12H2,1-2H3. The van der Waals surface area contributed by atoms with Crippen molar-refractivity contribution in [3.05, 3.63) is 35.9 Å². The van der Waals surface area contributed by atoms with E-state index in [0.717, 1.165) is 19.4 Å². The fourth-order valence-corrected chi connectivity index (χ4v) is 3.42. The van der Waals surface area contributed by atoms with E-state index in [2.05, 4.69) is 43.4 Å². The predicted molar refractivity (Wildman–Crippen MR) is 87.1 cm³/mol. The second-order valence-electron chi connectivity index (χ2n) is 4.96. The molecule has 4 heteroatoms. The Bertz CT molecular complexity index is 348. The van der Waals surface area contributed by atoms with Crippen LogP contribution in [0.4, 0.5) is 0 Å². The number of aliphatic hydroxyl groups is 2. The minimum absolute atomic E-state index is 0.165. The first-order valence-electron chi connectivity index (χ1n) is 7.41. The molecule has 1 aromatic carbocycles. The lowest BCUT2D eigenvalue weighted by atomic mass is 10.0. The second-order valence-corrected chi connectivity index (χ2v) is 6.23. The van der Waals surface area contributed by atoms with Crippen molar-refractivity contribution >= 4 is 11.8 Å². The van der Waals surface area contributed by atoms with Crippen molar-refractivity contribution in [1.82, 2.24) is 5.32 Å². The maximum atomic E-state index is 9.54. The van der Waals surface area contributed by atoms with Crippen LogP contribution in [0.2, 0.25) is 0 Å². The number of thioether (sulfide) groups is 1. The first-order valence-corrected chi connectivity index (χ1v) is 8.46. The molecule has 0 saturated carbocycles. The van der Waals surface area contributed by atoms with Gasteiger partial charge in [0.25, 0.3) is 0 Å². The number of aliphatic hydroxyl groups excluding tert-OH is 2. The Labute approximate surface area is 126 Å². The van der Waals surface area contributed by atoms with E-state index in [9.17, 15) is 5.11 Å². The Kier molecular flexibility index (Phi) is 8.94. The number of hydrogen-bond acceptors (Lipinski definition) is 4. The first-order chi connectivity index (χ1) is 9.72. The van der Waals surface area contributed by atoms with Crippen LogP contribution in [0.1, 0.15) is 38.3 Å². The van der Waals surface area contributed by atoms with Crippen LogP contribution < -0.4 is 5.32 Å². The topological polar surface area (TPSA) is 52.5 Å². The molecule has 3 N–H and O–H groups in total. The molecule has 1 rings (SSSR count). The summed E-state index contributed by atoms with van der Waals surface area (Å²) >= 11 is 1.74. The van der Waals surface area contributed by atoms with Gasteiger partial charge in [-0.15, -0.1) is 0 Å². The maximum absolute atomic E-state index is 9.54. The molecule has 3 nitrogen and oxygen atoms in total. The highest BCUT2D eigenvalue weighted by molar-refractivity contribution is 8.00. The average Bonchev–Trinajstić information content (AvgIpc) is 2.51. The molecule has 0 heterocycles. The third-order valence-electron chi connectivity index (χ3n) is 3.26. The van der Waals surface area contributed by atoms with Crippen molar-refractivity contribution in [2.24, 2.45) is 0 Å². The van der Waals surface area contributed by atoms with Gasteiger partial charge in [-0.3, -0.25) is 0 Å². The normalized spacial score (nSPS) is 15.8. The minimum atomic E-state index is -0.628. The summed E-state index contributed by atoms with van der Waals surface area (Å²) in [5, 5.41) is 22.5. The molecule has 0 spiro atoms. The second kappa shape index (κ2) is 10.2. The molecule has 0 aliphatic carbocycles. The van der Waals surface area contributed by atoms with E-state index in [1.807, 2.05) is 6.07 Å². The lowest BCUT2D eigenvalue weighted by Crippen LogP contribution is -2.31. The summed E-state index contributed by atoms with van der Waals surface area (Å²) in [5.41, 5.74) is 1.29. The van der Waals surface area contributed by atoms with Gasteiger partial charge in [0.05, 0.1) is 12.7 Å². The zero-order valence-electron chi connectivity index (χ0n) is 12.5. The highest BCUT2D eigenvalue weighted by atomic mass is 32.2. The van der Waals surface area contributed by atoms with Gasteiger partial charge in [-0.2, -0.15) is 11.8 Å². The molecule has 0 radical (unpaired) electrons. The molecular weight excluding hydrogens is 270 g/mol. The van der Waals surface area contributed by atoms with Crippen molar-refractivity contribution in [3.8, 4) is 0 Å². The minimum Gasteiger partial charge on any atom is -0.394 e. The van der Waals surface area contributed by atoms with Gasteiger partial charge in [-0.1, -0.05) is 44.2 Å². The predicted octanol–water partition coefficient (Wildman–Crippen LogP) is 2.59. The number of hydrogen-bond donors (Lipinski definition) is 3. The van der Waals surface area contributed by atoms with Crippen LogP contribution in [0.25, 0.3) is 0 Å². The molecule has 0 bridgehead atoms. The summed E-state index contributed by atoms with van der Waals surface area (Å²) in [6.45, 7) is 5.16. The van der Waals surface area contributed by atoms with E-state index in [1.165, 1.54) is 5.56 Å². The Morgan fingerprint density at radius 2 is 1.90 bits per heavy atom. The molecule has 0 aromatic heterocycles. The van der Waals surface area contributed by atoms with Crippen LogP contribution in [-0.4, -0.2) is 40.5 Å². The molecular formula is C16H27NO2S. The molecule has 0 fully saturated rings. The zero-order valence-corrected chi connectivity index (χ0v) is 13.3. The molecule has 20 heavy (non-hydrogen) atoms. The number of benzene rings is 1. The van der Waals surface area contributed by atoms with Gasteiger partial charge >= 0.3 is 0 Å². The fourth-order valence-electron chi connectivity index (χ4n) is 2.16. The Morgan fingerprint density at radius 1 is 1.20 bits per heavy atom. The van der Waals surface area contributed by atoms with Crippen molar-refractivity contribution in [2.75, 3.05) is 18.9 Å². The molecule has 3 unspecified atom stereocenters. The van der Waals surface area contributed by atoms with Gasteiger partial charge in [-0.25, -0.2) is 0 Å². The molecule has 3 atom stereocenters. The summed E-state index contributed by atoms with van der Waals surface area (Å²) in [4.78, 5) is 0. The van der Waals surface area contributed by atoms with E-state index >= 15 is 0 Å². The summed E-state index contributed by atoms with van der Waals surface area (Å²) in [7, 11) is 0. The van der Waals surface area contributed by atoms with E-state index in [4.69, 9.17) is 5.11 Å². The lowest BCUT2D eigenvalue weighted by molar-refractivity contribution is 0.113. The fraction of sp³-hybridized carbons (Fsp3) is 0.625. The highest BCUT2D eigenvalue weighted by Crippen LogP contribution is 2.29. The van der Waals surface area contributed by atoms with Gasteiger partial charge in [0, 0.05) is 17.0 Å². The Hall–Kier alpha value is -0.550. The summed E-state index contributed by atoms with van der Waals surface area (Å²) in [5.74, 6) is 0.576. The van der Waals surface area contributed by atoms with Gasteiger partial charge in [-0.05, 0) is 24.9 Å². The van der Waals surface area contributed by atoms with Gasteiger partial charge < -0.3 is 15.5 Å². The van der Waals surface area contributed by atoms with E-state index in [0.29, 0.717) is 11.0 Å². The largest absolute Gasteiger partial charge is 0.394 e. The van der Waals surface area contributed by atoms with Crippen LogP contribution in [0.3, 0.4) is 0 Å². The molecule has 1 aromatic rings. The van der Waals surface area contributed by atoms with Crippen molar-refractivity contribution in [3.63, 3.8) is 0 Å². The van der Waals surface area contributed by atoms with Gasteiger partial charge in [0.1, 0.15) is 0 Å². The van der Waals surface area contributed by atoms with E-state index in [-0.39, 0.29) is 12.6 Å². The van der Waals surface area contributed by atoms with Crippen LogP contribution in [0, 0.1) is 0 Å². The number of nitrogens with one attached hydrogen (secondary N) is 1. The molecule has 0 aliphatic rings. The highest BCUT2D eigenvalue weighted by Gasteiger charge is 2.22. The van der Waals surface area contributed by atoms with Crippen molar-refractivity contribution in [1.29, 1.82) is 0 Å². The van der Waals surface area contributed by atoms with E-state index < -0.39 is 6.10 Å². The molecule has 0 aliphatic heterocycles. The SMILES string of the molecule is CCCNC(c1ccccc1)C(CC)SCC(O)CO. The van der Waals surface area contributed by atoms with Crippen molar-refractivity contribution < 1.29 is 10.2 Å². The monoisotopic (exact) mass is 297 g/mol. The molecule has 0 amide bonds. The summed E-state index contributed by atoms with van der Waals surface area (Å²) < 4.78 is 0. The quantitative estimate of drug-likeness (QED) is 0.621. The van der Waals surface area contributed by atoms with Gasteiger partial charge in [0.2, 0.25) is 0 Å². The Morgan fingerprint density at radius 3 is 2.45 bits per heavy atom. The summed E-state index contributed by atoms with van der Waals surface area (Å²) in [6, 6.07) is 10.8. The molecule has 0 saturated heterocycles. The third kappa shape index (κ3) is 5.83. The average molecular weight is 297 g/mol. The summed E-state index contributed by atoms with van der Waals surface area (Å²) in [6.07, 6.45) is 1.50. The lowest BCUT2D eigenvalue weighted by Gasteiger charge is -2.28. The smallest absolute Gasteiger partial charge is 0.0861 e. The zero-order chi connectivity index (χ0) is 14.8. The molecule has 114 valence electrons. The third-order valence-corrected chi connectivity index (χ3v) is 4.87. The van der Waals surface area contributed by atoms with Gasteiger partial charge in [0.15, 0.2) is 0 Å². The number of rotatable bonds is 10. The van der Waals surface area contributed by atoms with E-state index in [1.54, 1.807) is 11.8 Å². The maximum Gasteiger partial charge on any atom is 0.0861 e. The van der Waals surface area contributed by atoms with Crippen LogP contribution in [0.5, 0.6) is 0 Å². The Balaban J connectivity index is 2.73. The van der Waals surface area contributed by atoms with Crippen LogP contribution in [-0.2, 0) is 0 Å².